The molecule has 0 fully saturated rings. The Balaban J connectivity index is 1.89. The van der Waals surface area contributed by atoms with Gasteiger partial charge < -0.3 is 4.90 Å². The molecular formula is C23H22ClNO3S. The van der Waals surface area contributed by atoms with Gasteiger partial charge in [-0.15, -0.1) is 0 Å². The molecule has 0 radical (unpaired) electrons. The van der Waals surface area contributed by atoms with Crippen LogP contribution < -0.4 is 0 Å². The Morgan fingerprint density at radius 3 is 2.07 bits per heavy atom. The molecule has 0 saturated heterocycles. The number of nitrogens with zero attached hydrogens (tertiary/aromatic N) is 1. The van der Waals surface area contributed by atoms with E-state index in [1.807, 2.05) is 60.7 Å². The Hall–Kier alpha value is -2.63. The van der Waals surface area contributed by atoms with Gasteiger partial charge >= 0.3 is 0 Å². The van der Waals surface area contributed by atoms with E-state index in [1.54, 1.807) is 11.0 Å². The number of rotatable bonds is 7. The van der Waals surface area contributed by atoms with Crippen LogP contribution in [-0.2, 0) is 22.8 Å². The first-order valence-electron chi connectivity index (χ1n) is 9.21. The maximum absolute atomic E-state index is 13.2. The SMILES string of the molecule is CS(=O)(=O)c1cc(C(=O)N(CCc2ccccc2)Cc2ccccc2)ccc1Cl. The van der Waals surface area contributed by atoms with E-state index in [4.69, 9.17) is 11.6 Å². The minimum absolute atomic E-state index is 0.0345. The van der Waals surface area contributed by atoms with E-state index < -0.39 is 9.84 Å². The van der Waals surface area contributed by atoms with Crippen molar-refractivity contribution >= 4 is 27.3 Å². The van der Waals surface area contributed by atoms with Gasteiger partial charge in [0, 0.05) is 24.9 Å². The van der Waals surface area contributed by atoms with Gasteiger partial charge in [0.05, 0.1) is 9.92 Å². The summed E-state index contributed by atoms with van der Waals surface area (Å²) in [5.41, 5.74) is 2.44. The van der Waals surface area contributed by atoms with Crippen LogP contribution in [0.15, 0.2) is 83.8 Å². The summed E-state index contributed by atoms with van der Waals surface area (Å²) in [5.74, 6) is -0.230. The first-order valence-corrected chi connectivity index (χ1v) is 11.5. The van der Waals surface area contributed by atoms with Crippen molar-refractivity contribution in [2.75, 3.05) is 12.8 Å². The molecular weight excluding hydrogens is 406 g/mol. The number of halogens is 1. The summed E-state index contributed by atoms with van der Waals surface area (Å²) in [4.78, 5) is 14.9. The highest BCUT2D eigenvalue weighted by molar-refractivity contribution is 7.90. The topological polar surface area (TPSA) is 54.5 Å². The molecule has 0 heterocycles. The van der Waals surface area contributed by atoms with E-state index in [9.17, 15) is 13.2 Å². The van der Waals surface area contributed by atoms with Crippen molar-refractivity contribution in [2.45, 2.75) is 17.9 Å². The first-order chi connectivity index (χ1) is 13.8. The molecule has 29 heavy (non-hydrogen) atoms. The quantitative estimate of drug-likeness (QED) is 0.552. The summed E-state index contributed by atoms with van der Waals surface area (Å²) in [5, 5.41) is 0.114. The summed E-state index contributed by atoms with van der Waals surface area (Å²) in [6.45, 7) is 0.942. The van der Waals surface area contributed by atoms with Crippen LogP contribution in [0.4, 0.5) is 0 Å². The van der Waals surface area contributed by atoms with Gasteiger partial charge in [0.25, 0.3) is 5.91 Å². The number of carbonyl (C=O) groups is 1. The molecule has 0 unspecified atom stereocenters. The van der Waals surface area contributed by atoms with Crippen LogP contribution in [0.1, 0.15) is 21.5 Å². The average Bonchev–Trinajstić information content (AvgIpc) is 2.71. The number of amides is 1. The predicted octanol–water partition coefficient (Wildman–Crippen LogP) is 4.63. The van der Waals surface area contributed by atoms with Crippen LogP contribution in [0.25, 0.3) is 0 Å². The maximum atomic E-state index is 13.2. The number of hydrogen-bond donors (Lipinski definition) is 0. The highest BCUT2D eigenvalue weighted by Gasteiger charge is 2.20. The average molecular weight is 428 g/mol. The Kier molecular flexibility index (Phi) is 6.72. The first kappa shape index (κ1) is 21.1. The lowest BCUT2D eigenvalue weighted by molar-refractivity contribution is 0.0745. The predicted molar refractivity (Wildman–Crippen MR) is 116 cm³/mol. The third-order valence-electron chi connectivity index (χ3n) is 4.59. The second-order valence-corrected chi connectivity index (χ2v) is 9.26. The van der Waals surface area contributed by atoms with Crippen LogP contribution in [0.2, 0.25) is 5.02 Å². The van der Waals surface area contributed by atoms with Gasteiger partial charge in [-0.25, -0.2) is 8.42 Å². The summed E-state index contributed by atoms with van der Waals surface area (Å²) in [6.07, 6.45) is 1.78. The summed E-state index contributed by atoms with van der Waals surface area (Å²) in [7, 11) is -3.53. The molecule has 0 aliphatic rings. The van der Waals surface area contributed by atoms with E-state index in [2.05, 4.69) is 0 Å². The monoisotopic (exact) mass is 427 g/mol. The fraction of sp³-hybridized carbons (Fsp3) is 0.174. The molecule has 0 N–H and O–H groups in total. The Bertz CT molecular complexity index is 1080. The van der Waals surface area contributed by atoms with Crippen molar-refractivity contribution in [3.63, 3.8) is 0 Å². The standard InChI is InChI=1S/C23H22ClNO3S/c1-29(27,28)22-16-20(12-13-21(22)24)23(26)25(17-19-10-6-3-7-11-19)15-14-18-8-4-2-5-9-18/h2-13,16H,14-15,17H2,1H3. The number of benzene rings is 3. The van der Waals surface area contributed by atoms with Gasteiger partial charge in [-0.3, -0.25) is 4.79 Å². The van der Waals surface area contributed by atoms with Crippen LogP contribution in [0.5, 0.6) is 0 Å². The lowest BCUT2D eigenvalue weighted by atomic mass is 10.1. The third kappa shape index (κ3) is 5.68. The normalized spacial score (nSPS) is 11.2. The summed E-state index contributed by atoms with van der Waals surface area (Å²) < 4.78 is 24.0. The fourth-order valence-electron chi connectivity index (χ4n) is 3.07. The molecule has 0 aliphatic heterocycles. The van der Waals surface area contributed by atoms with Crippen molar-refractivity contribution in [1.82, 2.24) is 4.90 Å². The lowest BCUT2D eigenvalue weighted by Gasteiger charge is -2.23. The molecule has 0 saturated carbocycles. The summed E-state index contributed by atoms with van der Waals surface area (Å²) >= 11 is 6.03. The molecule has 1 amide bonds. The molecule has 0 bridgehead atoms. The Morgan fingerprint density at radius 2 is 1.48 bits per heavy atom. The van der Waals surface area contributed by atoms with Crippen molar-refractivity contribution in [2.24, 2.45) is 0 Å². The van der Waals surface area contributed by atoms with Crippen molar-refractivity contribution in [3.8, 4) is 0 Å². The molecule has 6 heteroatoms. The molecule has 0 aromatic heterocycles. The highest BCUT2D eigenvalue weighted by Crippen LogP contribution is 2.24. The molecule has 3 rings (SSSR count). The van der Waals surface area contributed by atoms with Crippen LogP contribution in [0, 0.1) is 0 Å². The van der Waals surface area contributed by atoms with Gasteiger partial charge in [0.15, 0.2) is 9.84 Å². The van der Waals surface area contributed by atoms with E-state index in [-0.39, 0.29) is 15.8 Å². The number of carbonyl (C=O) groups excluding carboxylic acids is 1. The summed E-state index contributed by atoms with van der Waals surface area (Å²) in [6, 6.07) is 24.0. The minimum atomic E-state index is -3.53. The maximum Gasteiger partial charge on any atom is 0.254 e. The van der Waals surface area contributed by atoms with E-state index in [0.717, 1.165) is 17.4 Å². The van der Waals surface area contributed by atoms with Gasteiger partial charge in [0.2, 0.25) is 0 Å². The smallest absolute Gasteiger partial charge is 0.254 e. The highest BCUT2D eigenvalue weighted by atomic mass is 35.5. The zero-order valence-corrected chi connectivity index (χ0v) is 17.7. The molecule has 0 atom stereocenters. The van der Waals surface area contributed by atoms with E-state index in [0.29, 0.717) is 25.1 Å². The van der Waals surface area contributed by atoms with Crippen molar-refractivity contribution < 1.29 is 13.2 Å². The largest absolute Gasteiger partial charge is 0.334 e. The van der Waals surface area contributed by atoms with Gasteiger partial charge in [-0.2, -0.15) is 0 Å². The second kappa shape index (κ2) is 9.25. The molecule has 3 aromatic rings. The Morgan fingerprint density at radius 1 is 0.897 bits per heavy atom. The van der Waals surface area contributed by atoms with Crippen molar-refractivity contribution in [1.29, 1.82) is 0 Å². The third-order valence-corrected chi connectivity index (χ3v) is 6.17. The number of hydrogen-bond acceptors (Lipinski definition) is 3. The molecule has 150 valence electrons. The van der Waals surface area contributed by atoms with Crippen LogP contribution in [0.3, 0.4) is 0 Å². The Labute approximate surface area is 176 Å². The van der Waals surface area contributed by atoms with Gasteiger partial charge in [0.1, 0.15) is 0 Å². The second-order valence-electron chi connectivity index (χ2n) is 6.87. The fourth-order valence-corrected chi connectivity index (χ4v) is 4.37. The van der Waals surface area contributed by atoms with Gasteiger partial charge in [-0.05, 0) is 35.7 Å². The van der Waals surface area contributed by atoms with Crippen LogP contribution >= 0.6 is 11.6 Å². The molecule has 3 aromatic carbocycles. The van der Waals surface area contributed by atoms with E-state index >= 15 is 0 Å². The molecule has 4 nitrogen and oxygen atoms in total. The zero-order chi connectivity index (χ0) is 20.9. The minimum Gasteiger partial charge on any atom is -0.334 e. The van der Waals surface area contributed by atoms with E-state index in [1.165, 1.54) is 12.1 Å². The van der Waals surface area contributed by atoms with Gasteiger partial charge in [-0.1, -0.05) is 72.3 Å². The molecule has 0 aliphatic carbocycles. The molecule has 0 spiro atoms. The zero-order valence-electron chi connectivity index (χ0n) is 16.1. The lowest BCUT2D eigenvalue weighted by Crippen LogP contribution is -2.32. The van der Waals surface area contributed by atoms with Crippen molar-refractivity contribution in [3.05, 3.63) is 101 Å². The number of sulfone groups is 1. The van der Waals surface area contributed by atoms with Crippen LogP contribution in [-0.4, -0.2) is 32.0 Å².